The fourth-order valence-corrected chi connectivity index (χ4v) is 8.06. The smallest absolute Gasteiger partial charge is 0.241 e. The molecule has 0 bridgehead atoms. The van der Waals surface area contributed by atoms with Gasteiger partial charge in [-0.25, -0.2) is 4.90 Å². The minimum absolute atomic E-state index is 0.0869. The molecule has 43 heavy (non-hydrogen) atoms. The SMILES string of the molecule is CCOc1cccc(C2C3=CCC4C(=O)N(c5ccccc5)C(=O)C4C3CC3C(=O)N(c4ccccc4)C(=O)C32C)c1O. The number of imide groups is 2. The molecule has 218 valence electrons. The van der Waals surface area contributed by atoms with Crippen LogP contribution < -0.4 is 14.5 Å². The van der Waals surface area contributed by atoms with Crippen molar-refractivity contribution < 1.29 is 29.0 Å². The van der Waals surface area contributed by atoms with E-state index >= 15 is 0 Å². The number of carbonyl (C=O) groups excluding carboxylic acids is 4. The Kier molecular flexibility index (Phi) is 6.27. The summed E-state index contributed by atoms with van der Waals surface area (Å²) in [5.74, 6) is -4.20. The molecular weight excluding hydrogens is 544 g/mol. The molecule has 3 aromatic carbocycles. The van der Waals surface area contributed by atoms with Crippen LogP contribution in [-0.4, -0.2) is 35.3 Å². The van der Waals surface area contributed by atoms with Crippen LogP contribution in [0, 0.1) is 29.1 Å². The number of carbonyl (C=O) groups is 4. The van der Waals surface area contributed by atoms with Gasteiger partial charge in [0.1, 0.15) is 0 Å². The van der Waals surface area contributed by atoms with Gasteiger partial charge >= 0.3 is 0 Å². The number of ether oxygens (including phenoxy) is 1. The van der Waals surface area contributed by atoms with Crippen molar-refractivity contribution in [3.63, 3.8) is 0 Å². The molecule has 0 aromatic heterocycles. The highest BCUT2D eigenvalue weighted by Gasteiger charge is 2.68. The lowest BCUT2D eigenvalue weighted by molar-refractivity contribution is -0.131. The van der Waals surface area contributed by atoms with Gasteiger partial charge in [0.15, 0.2) is 11.5 Å². The first-order valence-corrected chi connectivity index (χ1v) is 14.8. The second kappa shape index (κ2) is 9.93. The summed E-state index contributed by atoms with van der Waals surface area (Å²) in [5.41, 5.74) is 1.05. The summed E-state index contributed by atoms with van der Waals surface area (Å²) in [6, 6.07) is 23.0. The quantitative estimate of drug-likeness (QED) is 0.330. The van der Waals surface area contributed by atoms with Crippen molar-refractivity contribution in [1.29, 1.82) is 0 Å². The zero-order chi connectivity index (χ0) is 30.0. The van der Waals surface area contributed by atoms with Crippen molar-refractivity contribution >= 4 is 35.0 Å². The van der Waals surface area contributed by atoms with Gasteiger partial charge in [-0.1, -0.05) is 60.2 Å². The van der Waals surface area contributed by atoms with Crippen molar-refractivity contribution in [1.82, 2.24) is 0 Å². The number of amides is 4. The van der Waals surface area contributed by atoms with Crippen LogP contribution in [0.2, 0.25) is 0 Å². The number of phenolic OH excluding ortho intramolecular Hbond substituents is 1. The van der Waals surface area contributed by atoms with Crippen molar-refractivity contribution in [2.24, 2.45) is 29.1 Å². The van der Waals surface area contributed by atoms with E-state index in [1.54, 1.807) is 73.7 Å². The molecule has 6 unspecified atom stereocenters. The summed E-state index contributed by atoms with van der Waals surface area (Å²) >= 11 is 0. The predicted octanol–water partition coefficient (Wildman–Crippen LogP) is 5.23. The summed E-state index contributed by atoms with van der Waals surface area (Å²) in [6.45, 7) is 3.96. The van der Waals surface area contributed by atoms with Crippen LogP contribution in [0.1, 0.15) is 38.2 Å². The fourth-order valence-electron chi connectivity index (χ4n) is 8.06. The molecule has 2 heterocycles. The maximum Gasteiger partial charge on any atom is 0.241 e. The number of para-hydroxylation sites is 3. The normalized spacial score (nSPS) is 29.7. The monoisotopic (exact) mass is 576 g/mol. The van der Waals surface area contributed by atoms with Gasteiger partial charge in [0.2, 0.25) is 23.6 Å². The molecule has 0 spiro atoms. The van der Waals surface area contributed by atoms with Crippen molar-refractivity contribution in [3.8, 4) is 11.5 Å². The van der Waals surface area contributed by atoms with Crippen LogP contribution >= 0.6 is 0 Å². The van der Waals surface area contributed by atoms with Crippen LogP contribution in [0.25, 0.3) is 0 Å². The van der Waals surface area contributed by atoms with Gasteiger partial charge in [0.05, 0.1) is 41.2 Å². The standard InChI is InChI=1S/C35H32N2O6/c1-3-43-27-16-10-15-24(30(27)38)29-22-17-18-23-28(33(41)36(31(23)39)20-11-6-4-7-12-20)25(22)19-26-32(40)37(34(42)35(26,29)2)21-13-8-5-9-14-21/h4-17,23,25-26,28-29,38H,3,18-19H2,1-2H3. The fraction of sp³-hybridized carbons (Fsp3) is 0.314. The van der Waals surface area contributed by atoms with E-state index in [1.807, 2.05) is 25.1 Å². The van der Waals surface area contributed by atoms with Crippen molar-refractivity contribution in [3.05, 3.63) is 96.1 Å². The molecule has 3 aromatic rings. The number of allylic oxidation sites excluding steroid dienone is 2. The highest BCUT2D eigenvalue weighted by Crippen LogP contribution is 2.64. The van der Waals surface area contributed by atoms with Crippen molar-refractivity contribution in [2.45, 2.75) is 32.6 Å². The highest BCUT2D eigenvalue weighted by atomic mass is 16.5. The number of hydrogen-bond donors (Lipinski definition) is 1. The van der Waals surface area contributed by atoms with Crippen LogP contribution in [0.5, 0.6) is 11.5 Å². The van der Waals surface area contributed by atoms with E-state index in [1.165, 1.54) is 9.80 Å². The van der Waals surface area contributed by atoms with Gasteiger partial charge < -0.3 is 9.84 Å². The first-order chi connectivity index (χ1) is 20.8. The number of rotatable bonds is 5. The molecule has 3 fully saturated rings. The molecule has 4 aliphatic rings. The van der Waals surface area contributed by atoms with E-state index < -0.39 is 35.0 Å². The second-order valence-electron chi connectivity index (χ2n) is 12.0. The third-order valence-electron chi connectivity index (χ3n) is 9.94. The molecule has 4 amide bonds. The van der Waals surface area contributed by atoms with E-state index in [0.717, 1.165) is 5.57 Å². The summed E-state index contributed by atoms with van der Waals surface area (Å²) in [6.07, 6.45) is 2.56. The minimum atomic E-state index is -1.24. The molecule has 0 radical (unpaired) electrons. The maximum absolute atomic E-state index is 14.5. The zero-order valence-corrected chi connectivity index (χ0v) is 24.0. The van der Waals surface area contributed by atoms with Crippen LogP contribution in [0.3, 0.4) is 0 Å². The molecular formula is C35H32N2O6. The molecule has 8 nitrogen and oxygen atoms in total. The van der Waals surface area contributed by atoms with Gasteiger partial charge in [-0.2, -0.15) is 0 Å². The largest absolute Gasteiger partial charge is 0.504 e. The number of benzene rings is 3. The summed E-state index contributed by atoms with van der Waals surface area (Å²) in [5, 5.41) is 11.5. The van der Waals surface area contributed by atoms with Gasteiger partial charge in [-0.15, -0.1) is 0 Å². The average Bonchev–Trinajstić information content (AvgIpc) is 3.39. The molecule has 2 saturated heterocycles. The molecule has 1 saturated carbocycles. The molecule has 1 N–H and O–H groups in total. The first-order valence-electron chi connectivity index (χ1n) is 14.8. The summed E-state index contributed by atoms with van der Waals surface area (Å²) < 4.78 is 5.71. The number of fused-ring (bicyclic) bond motifs is 4. The van der Waals surface area contributed by atoms with E-state index in [-0.39, 0.29) is 41.5 Å². The Morgan fingerprint density at radius 2 is 1.47 bits per heavy atom. The van der Waals surface area contributed by atoms with E-state index in [9.17, 15) is 24.3 Å². The number of aromatic hydroxyl groups is 1. The number of hydrogen-bond acceptors (Lipinski definition) is 6. The molecule has 2 aliphatic heterocycles. The Labute approximate surface area is 249 Å². The Morgan fingerprint density at radius 1 is 0.814 bits per heavy atom. The minimum Gasteiger partial charge on any atom is -0.504 e. The Morgan fingerprint density at radius 3 is 2.12 bits per heavy atom. The van der Waals surface area contributed by atoms with Crippen LogP contribution in [0.15, 0.2) is 90.5 Å². The van der Waals surface area contributed by atoms with Crippen LogP contribution in [-0.2, 0) is 19.2 Å². The first kappa shape index (κ1) is 27.1. The topological polar surface area (TPSA) is 104 Å². The number of phenols is 1. The third-order valence-corrected chi connectivity index (χ3v) is 9.94. The molecule has 6 atom stereocenters. The lowest BCUT2D eigenvalue weighted by atomic mass is 9.51. The zero-order valence-electron chi connectivity index (χ0n) is 24.0. The molecule has 7 rings (SSSR count). The summed E-state index contributed by atoms with van der Waals surface area (Å²) in [7, 11) is 0. The van der Waals surface area contributed by atoms with Gasteiger partial charge in [0.25, 0.3) is 0 Å². The van der Waals surface area contributed by atoms with Crippen molar-refractivity contribution in [2.75, 3.05) is 16.4 Å². The van der Waals surface area contributed by atoms with E-state index in [2.05, 4.69) is 0 Å². The highest BCUT2D eigenvalue weighted by molar-refractivity contribution is 6.25. The third kappa shape index (κ3) is 3.75. The van der Waals surface area contributed by atoms with Crippen LogP contribution in [0.4, 0.5) is 11.4 Å². The van der Waals surface area contributed by atoms with Gasteiger partial charge in [-0.05, 0) is 62.9 Å². The van der Waals surface area contributed by atoms with Gasteiger partial charge in [0, 0.05) is 11.5 Å². The second-order valence-corrected chi connectivity index (χ2v) is 12.0. The van der Waals surface area contributed by atoms with Gasteiger partial charge in [-0.3, -0.25) is 24.1 Å². The Hall–Kier alpha value is -4.72. The summed E-state index contributed by atoms with van der Waals surface area (Å²) in [4.78, 5) is 59.0. The predicted molar refractivity (Wildman–Crippen MR) is 159 cm³/mol. The average molecular weight is 577 g/mol. The molecule has 8 heteroatoms. The Bertz CT molecular complexity index is 1680. The number of nitrogens with zero attached hydrogens (tertiary/aromatic N) is 2. The molecule has 2 aliphatic carbocycles. The lowest BCUT2D eigenvalue weighted by Gasteiger charge is -2.49. The maximum atomic E-state index is 14.5. The lowest BCUT2D eigenvalue weighted by Crippen LogP contribution is -2.48. The number of anilines is 2. The Balaban J connectivity index is 1.39. The van der Waals surface area contributed by atoms with E-state index in [0.29, 0.717) is 30.0 Å². The van der Waals surface area contributed by atoms with E-state index in [4.69, 9.17) is 4.74 Å².